The minimum atomic E-state index is -0.845. The minimum Gasteiger partial charge on any atom is -0.312 e. The molecule has 1 saturated carbocycles. The molecule has 2 atom stereocenters. The second-order valence-electron chi connectivity index (χ2n) is 10.1. The number of likely N-dealkylation sites (N-methyl/N-ethyl adjacent to an activating group) is 1. The predicted octanol–water partition coefficient (Wildman–Crippen LogP) is 5.23. The monoisotopic (exact) mass is 444 g/mol. The summed E-state index contributed by atoms with van der Waals surface area (Å²) in [6.45, 7) is 11.0. The van der Waals surface area contributed by atoms with Crippen molar-refractivity contribution in [2.75, 3.05) is 11.4 Å². The van der Waals surface area contributed by atoms with E-state index >= 15 is 0 Å². The molecule has 0 saturated heterocycles. The number of anilines is 1. The van der Waals surface area contributed by atoms with Gasteiger partial charge >= 0.3 is 0 Å². The van der Waals surface area contributed by atoms with E-state index in [0.29, 0.717) is 29.7 Å². The molecule has 0 N–H and O–H groups in total. The van der Waals surface area contributed by atoms with Crippen molar-refractivity contribution in [3.05, 3.63) is 69.5 Å². The number of aryl methyl sites for hydroxylation is 1. The van der Waals surface area contributed by atoms with Crippen molar-refractivity contribution in [2.45, 2.75) is 58.3 Å². The number of nitro groups is 1. The van der Waals surface area contributed by atoms with Crippen molar-refractivity contribution >= 4 is 28.3 Å². The third kappa shape index (κ3) is 2.59. The Morgan fingerprint density at radius 2 is 1.79 bits per heavy atom. The number of nitro benzene ring substituents is 1. The van der Waals surface area contributed by atoms with E-state index in [4.69, 9.17) is 9.97 Å². The van der Waals surface area contributed by atoms with E-state index in [1.54, 1.807) is 6.07 Å². The Morgan fingerprint density at radius 3 is 2.45 bits per heavy atom. The van der Waals surface area contributed by atoms with Gasteiger partial charge in [-0.3, -0.25) is 14.9 Å². The first-order valence-electron chi connectivity index (χ1n) is 11.4. The largest absolute Gasteiger partial charge is 0.312 e. The molecule has 1 aromatic heterocycles. The summed E-state index contributed by atoms with van der Waals surface area (Å²) in [5, 5.41) is 11.3. The highest BCUT2D eigenvalue weighted by Crippen LogP contribution is 2.70. The first kappa shape index (κ1) is 21.5. The Kier molecular flexibility index (Phi) is 4.45. The van der Waals surface area contributed by atoms with Gasteiger partial charge in [0.05, 0.1) is 32.8 Å². The summed E-state index contributed by atoms with van der Waals surface area (Å²) >= 11 is 0. The fourth-order valence-electron chi connectivity index (χ4n) is 6.15. The van der Waals surface area contributed by atoms with Crippen molar-refractivity contribution in [3.63, 3.8) is 0 Å². The lowest BCUT2D eigenvalue weighted by Crippen LogP contribution is -2.53. The number of amides is 1. The van der Waals surface area contributed by atoms with Gasteiger partial charge in [0.15, 0.2) is 0 Å². The zero-order valence-corrected chi connectivity index (χ0v) is 19.7. The lowest BCUT2D eigenvalue weighted by Gasteiger charge is -2.42. The van der Waals surface area contributed by atoms with Crippen molar-refractivity contribution in [2.24, 2.45) is 5.41 Å². The maximum atomic E-state index is 14.4. The topological polar surface area (TPSA) is 89.2 Å². The standard InChI is InChI=1S/C26H28N4O3/c1-6-29(17-9-7-8-16(2)14-17)23(31)26-13-12-25(5,24(26,3)4)21-22(26)28-20-15-18(30(32)33)10-11-19(20)27-21/h7-11,14-15H,6,12-13H2,1-5H3. The third-order valence-electron chi connectivity index (χ3n) is 8.47. The molecular weight excluding hydrogens is 416 g/mol. The Balaban J connectivity index is 1.75. The van der Waals surface area contributed by atoms with Crippen LogP contribution < -0.4 is 4.90 Å². The van der Waals surface area contributed by atoms with Crippen LogP contribution in [-0.2, 0) is 15.6 Å². The van der Waals surface area contributed by atoms with Crippen LogP contribution in [0.5, 0.6) is 0 Å². The van der Waals surface area contributed by atoms with E-state index < -0.39 is 15.8 Å². The van der Waals surface area contributed by atoms with Crippen molar-refractivity contribution in [1.29, 1.82) is 0 Å². The lowest BCUT2D eigenvalue weighted by molar-refractivity contribution is -0.384. The number of carbonyl (C=O) groups excluding carboxylic acids is 1. The lowest BCUT2D eigenvalue weighted by atomic mass is 9.63. The molecule has 1 amide bonds. The summed E-state index contributed by atoms with van der Waals surface area (Å²) in [7, 11) is 0. The fraction of sp³-hybridized carbons (Fsp3) is 0.423. The summed E-state index contributed by atoms with van der Waals surface area (Å²) in [6.07, 6.45) is 1.52. The second kappa shape index (κ2) is 6.83. The van der Waals surface area contributed by atoms with E-state index in [0.717, 1.165) is 23.4 Å². The molecule has 0 spiro atoms. The van der Waals surface area contributed by atoms with Gasteiger partial charge in [-0.1, -0.05) is 32.9 Å². The number of fused-ring (bicyclic) bond motifs is 6. The molecule has 33 heavy (non-hydrogen) atoms. The molecule has 1 fully saturated rings. The van der Waals surface area contributed by atoms with Gasteiger partial charge in [0.25, 0.3) is 5.69 Å². The molecule has 2 unspecified atom stereocenters. The number of aromatic nitrogens is 2. The molecule has 7 nitrogen and oxygen atoms in total. The van der Waals surface area contributed by atoms with Gasteiger partial charge in [0.2, 0.25) is 5.91 Å². The number of hydrogen-bond acceptors (Lipinski definition) is 5. The van der Waals surface area contributed by atoms with Crippen LogP contribution in [0.25, 0.3) is 11.0 Å². The quantitative estimate of drug-likeness (QED) is 0.406. The highest BCUT2D eigenvalue weighted by molar-refractivity contribution is 6.03. The maximum Gasteiger partial charge on any atom is 0.271 e. The number of hydrogen-bond donors (Lipinski definition) is 0. The maximum absolute atomic E-state index is 14.4. The van der Waals surface area contributed by atoms with Crippen LogP contribution >= 0.6 is 0 Å². The highest BCUT2D eigenvalue weighted by atomic mass is 16.6. The molecule has 1 heterocycles. The van der Waals surface area contributed by atoms with E-state index in [1.807, 2.05) is 43.0 Å². The molecule has 3 aromatic rings. The fourth-order valence-corrected chi connectivity index (χ4v) is 6.15. The third-order valence-corrected chi connectivity index (χ3v) is 8.47. The van der Waals surface area contributed by atoms with Crippen LogP contribution in [-0.4, -0.2) is 27.3 Å². The second-order valence-corrected chi connectivity index (χ2v) is 10.1. The molecule has 170 valence electrons. The van der Waals surface area contributed by atoms with Crippen molar-refractivity contribution in [3.8, 4) is 0 Å². The van der Waals surface area contributed by atoms with Crippen LogP contribution in [0.2, 0.25) is 0 Å². The molecule has 2 bridgehead atoms. The number of non-ortho nitro benzene ring substituents is 1. The zero-order valence-electron chi connectivity index (χ0n) is 19.7. The van der Waals surface area contributed by atoms with Crippen LogP contribution in [0.3, 0.4) is 0 Å². The van der Waals surface area contributed by atoms with Gasteiger partial charge < -0.3 is 4.90 Å². The van der Waals surface area contributed by atoms with Gasteiger partial charge in [0, 0.05) is 29.8 Å². The Labute approximate surface area is 193 Å². The molecular formula is C26H28N4O3. The van der Waals surface area contributed by atoms with E-state index in [1.165, 1.54) is 12.1 Å². The van der Waals surface area contributed by atoms with Gasteiger partial charge in [-0.15, -0.1) is 0 Å². The normalized spacial score (nSPS) is 24.6. The van der Waals surface area contributed by atoms with Crippen LogP contribution in [0.4, 0.5) is 11.4 Å². The Hall–Kier alpha value is -3.35. The summed E-state index contributed by atoms with van der Waals surface area (Å²) in [5.41, 5.74) is 2.99. The van der Waals surface area contributed by atoms with Gasteiger partial charge in [0.1, 0.15) is 0 Å². The molecule has 2 aliphatic rings. The van der Waals surface area contributed by atoms with Gasteiger partial charge in [-0.2, -0.15) is 0 Å². The smallest absolute Gasteiger partial charge is 0.271 e. The summed E-state index contributed by atoms with van der Waals surface area (Å²) in [5.74, 6) is 0.0298. The molecule has 2 aromatic carbocycles. The number of nitrogens with zero attached hydrogens (tertiary/aromatic N) is 4. The van der Waals surface area contributed by atoms with Crippen molar-refractivity contribution in [1.82, 2.24) is 9.97 Å². The first-order chi connectivity index (χ1) is 15.6. The SMILES string of the molecule is CCN(C(=O)C12CCC(C)(c3nc4ccc([N+](=O)[O-])cc4nc31)C2(C)C)c1cccc(C)c1. The van der Waals surface area contributed by atoms with Crippen LogP contribution in [0.1, 0.15) is 57.5 Å². The summed E-state index contributed by atoms with van der Waals surface area (Å²) in [6, 6.07) is 12.6. The zero-order chi connectivity index (χ0) is 23.8. The molecule has 0 aliphatic heterocycles. The summed E-state index contributed by atoms with van der Waals surface area (Å²) in [4.78, 5) is 37.1. The van der Waals surface area contributed by atoms with Gasteiger partial charge in [-0.05, 0) is 55.9 Å². The predicted molar refractivity (Wildman–Crippen MR) is 127 cm³/mol. The first-order valence-corrected chi connectivity index (χ1v) is 11.4. The molecule has 0 radical (unpaired) electrons. The highest BCUT2D eigenvalue weighted by Gasteiger charge is 2.73. The Morgan fingerprint density at radius 1 is 1.06 bits per heavy atom. The number of carbonyl (C=O) groups is 1. The molecule has 7 heteroatoms. The minimum absolute atomic E-state index is 0.0271. The Bertz CT molecular complexity index is 1330. The molecule has 2 aliphatic carbocycles. The number of benzene rings is 2. The molecule has 5 rings (SSSR count). The van der Waals surface area contributed by atoms with Crippen LogP contribution in [0, 0.1) is 22.5 Å². The van der Waals surface area contributed by atoms with Gasteiger partial charge in [-0.25, -0.2) is 9.97 Å². The van der Waals surface area contributed by atoms with E-state index in [2.05, 4.69) is 20.8 Å². The van der Waals surface area contributed by atoms with Crippen molar-refractivity contribution < 1.29 is 9.72 Å². The average Bonchev–Trinajstić information content (AvgIpc) is 3.07. The van der Waals surface area contributed by atoms with Crippen LogP contribution in [0.15, 0.2) is 42.5 Å². The summed E-state index contributed by atoms with van der Waals surface area (Å²) < 4.78 is 0. The average molecular weight is 445 g/mol. The van der Waals surface area contributed by atoms with E-state index in [-0.39, 0.29) is 17.0 Å². The number of rotatable bonds is 4. The van der Waals surface area contributed by atoms with E-state index in [9.17, 15) is 14.9 Å².